The first-order valence-electron chi connectivity index (χ1n) is 5.36. The second kappa shape index (κ2) is 4.65. The summed E-state index contributed by atoms with van der Waals surface area (Å²) in [5, 5.41) is 6.68. The maximum atomic E-state index is 11.7. The molecule has 19 heavy (non-hydrogen) atoms. The molecule has 8 nitrogen and oxygen atoms in total. The van der Waals surface area contributed by atoms with Gasteiger partial charge in [-0.2, -0.15) is 15.1 Å². The van der Waals surface area contributed by atoms with Gasteiger partial charge in [-0.25, -0.2) is 4.98 Å². The van der Waals surface area contributed by atoms with E-state index in [4.69, 9.17) is 11.6 Å². The van der Waals surface area contributed by atoms with Crippen LogP contribution in [0.3, 0.4) is 0 Å². The predicted molar refractivity (Wildman–Crippen MR) is 67.6 cm³/mol. The summed E-state index contributed by atoms with van der Waals surface area (Å²) in [6.45, 7) is 0.0760. The van der Waals surface area contributed by atoms with Crippen molar-refractivity contribution in [2.75, 3.05) is 5.32 Å². The molecule has 0 spiro atoms. The number of hydrogen-bond donors (Lipinski definition) is 2. The lowest BCUT2D eigenvalue weighted by atomic mass is 10.5. The molecular weight excluding hydrogens is 270 g/mol. The lowest BCUT2D eigenvalue weighted by molar-refractivity contribution is -0.116. The zero-order chi connectivity index (χ0) is 13.2. The van der Waals surface area contributed by atoms with Crippen LogP contribution in [0.4, 0.5) is 5.95 Å². The highest BCUT2D eigenvalue weighted by Crippen LogP contribution is 2.18. The molecule has 0 bridgehead atoms. The smallest absolute Gasteiger partial charge is 0.248 e. The molecule has 0 radical (unpaired) electrons. The van der Waals surface area contributed by atoms with E-state index in [1.165, 1.54) is 11.0 Å². The van der Waals surface area contributed by atoms with Crippen molar-refractivity contribution in [3.05, 3.63) is 29.9 Å². The molecule has 0 atom stereocenters. The Morgan fingerprint density at radius 1 is 1.47 bits per heavy atom. The zero-order valence-electron chi connectivity index (χ0n) is 9.54. The maximum Gasteiger partial charge on any atom is 0.248 e. The average molecular weight is 278 g/mol. The van der Waals surface area contributed by atoms with E-state index in [2.05, 4.69) is 30.4 Å². The highest BCUT2D eigenvalue weighted by Gasteiger charge is 2.10. The summed E-state index contributed by atoms with van der Waals surface area (Å²) in [5.41, 5.74) is 0.932. The Hall–Kier alpha value is -2.48. The quantitative estimate of drug-likeness (QED) is 0.691. The number of aromatic nitrogens is 6. The molecule has 3 heterocycles. The molecule has 3 rings (SSSR count). The minimum atomic E-state index is -0.297. The number of fused-ring (bicyclic) bond motifs is 1. The fourth-order valence-corrected chi connectivity index (χ4v) is 1.78. The molecule has 0 saturated carbocycles. The number of aromatic amines is 1. The molecule has 0 aromatic carbocycles. The van der Waals surface area contributed by atoms with E-state index >= 15 is 0 Å². The minimum Gasteiger partial charge on any atom is -0.341 e. The van der Waals surface area contributed by atoms with Crippen molar-refractivity contribution >= 4 is 34.6 Å². The average Bonchev–Trinajstić information content (AvgIpc) is 2.99. The van der Waals surface area contributed by atoms with Crippen molar-refractivity contribution in [1.29, 1.82) is 0 Å². The number of H-pyrrole nitrogens is 1. The summed E-state index contributed by atoms with van der Waals surface area (Å²) in [6, 6.07) is 1.73. The third-order valence-electron chi connectivity index (χ3n) is 2.36. The van der Waals surface area contributed by atoms with Crippen LogP contribution in [0.25, 0.3) is 11.2 Å². The van der Waals surface area contributed by atoms with Gasteiger partial charge in [-0.05, 0) is 6.07 Å². The van der Waals surface area contributed by atoms with Crippen molar-refractivity contribution in [2.45, 2.75) is 6.54 Å². The van der Waals surface area contributed by atoms with Crippen LogP contribution >= 0.6 is 11.6 Å². The lowest BCUT2D eigenvalue weighted by Crippen LogP contribution is -2.20. The largest absolute Gasteiger partial charge is 0.341 e. The van der Waals surface area contributed by atoms with Crippen LogP contribution in [0.1, 0.15) is 0 Å². The van der Waals surface area contributed by atoms with Crippen LogP contribution in [0, 0.1) is 0 Å². The van der Waals surface area contributed by atoms with Gasteiger partial charge in [-0.3, -0.25) is 14.8 Å². The van der Waals surface area contributed by atoms with Crippen LogP contribution in [0.15, 0.2) is 24.8 Å². The van der Waals surface area contributed by atoms with E-state index in [-0.39, 0.29) is 23.6 Å². The molecule has 0 aliphatic heterocycles. The first-order chi connectivity index (χ1) is 9.22. The molecule has 2 N–H and O–H groups in total. The Morgan fingerprint density at radius 3 is 3.16 bits per heavy atom. The lowest BCUT2D eigenvalue weighted by Gasteiger charge is -2.04. The van der Waals surface area contributed by atoms with Gasteiger partial charge in [-0.1, -0.05) is 11.6 Å². The summed E-state index contributed by atoms with van der Waals surface area (Å²) in [5.74, 6) is -0.184. The number of imidazole rings is 1. The van der Waals surface area contributed by atoms with Crippen LogP contribution in [0.5, 0.6) is 0 Å². The van der Waals surface area contributed by atoms with E-state index in [1.54, 1.807) is 18.5 Å². The first kappa shape index (κ1) is 11.6. The van der Waals surface area contributed by atoms with E-state index < -0.39 is 0 Å². The normalized spacial score (nSPS) is 10.8. The summed E-state index contributed by atoms with van der Waals surface area (Å²) in [6.07, 6.45) is 4.74. The number of carbonyl (C=O) groups is 1. The molecule has 0 aliphatic rings. The number of halogens is 1. The maximum absolute atomic E-state index is 11.7. The number of anilines is 1. The van der Waals surface area contributed by atoms with Gasteiger partial charge in [0, 0.05) is 12.4 Å². The van der Waals surface area contributed by atoms with Gasteiger partial charge in [0.05, 0.1) is 6.33 Å². The van der Waals surface area contributed by atoms with Crippen molar-refractivity contribution < 1.29 is 4.79 Å². The Labute approximate surface area is 111 Å². The molecule has 1 amide bonds. The molecule has 0 fully saturated rings. The fourth-order valence-electron chi connectivity index (χ4n) is 1.56. The second-order valence-electron chi connectivity index (χ2n) is 3.69. The van der Waals surface area contributed by atoms with Crippen LogP contribution in [-0.4, -0.2) is 35.6 Å². The fraction of sp³-hybridized carbons (Fsp3) is 0.100. The van der Waals surface area contributed by atoms with Gasteiger partial charge in [0.15, 0.2) is 10.8 Å². The van der Waals surface area contributed by atoms with Gasteiger partial charge >= 0.3 is 0 Å². The van der Waals surface area contributed by atoms with Crippen LogP contribution in [-0.2, 0) is 11.3 Å². The summed E-state index contributed by atoms with van der Waals surface area (Å²) in [4.78, 5) is 26.5. The Balaban J connectivity index is 1.79. The molecule has 0 saturated heterocycles. The number of hydrogen-bond acceptors (Lipinski definition) is 5. The highest BCUT2D eigenvalue weighted by molar-refractivity contribution is 6.33. The molecule has 3 aromatic rings. The summed E-state index contributed by atoms with van der Waals surface area (Å²) < 4.78 is 1.49. The third-order valence-corrected chi connectivity index (χ3v) is 2.63. The number of amides is 1. The predicted octanol–water partition coefficient (Wildman–Crippen LogP) is 0.841. The number of nitrogens with zero attached hydrogens (tertiary/aromatic N) is 5. The van der Waals surface area contributed by atoms with Gasteiger partial charge in [0.1, 0.15) is 12.1 Å². The second-order valence-corrected chi connectivity index (χ2v) is 4.05. The number of rotatable bonds is 3. The van der Waals surface area contributed by atoms with Gasteiger partial charge in [0.2, 0.25) is 11.9 Å². The molecule has 0 unspecified atom stereocenters. The topological polar surface area (TPSA) is 101 Å². The molecule has 9 heteroatoms. The van der Waals surface area contributed by atoms with Crippen molar-refractivity contribution in [3.8, 4) is 0 Å². The molecule has 96 valence electrons. The SMILES string of the molecule is O=C(Cn1cccn1)Nc1nc(Cl)c2[nH]cnc2n1. The van der Waals surface area contributed by atoms with E-state index in [0.29, 0.717) is 11.2 Å². The summed E-state index contributed by atoms with van der Waals surface area (Å²) in [7, 11) is 0. The number of carbonyl (C=O) groups excluding carboxylic acids is 1. The third kappa shape index (κ3) is 2.38. The van der Waals surface area contributed by atoms with Gasteiger partial charge in [0.25, 0.3) is 0 Å². The molecule has 3 aromatic heterocycles. The molecular formula is C10H8ClN7O. The van der Waals surface area contributed by atoms with Crippen molar-refractivity contribution in [2.24, 2.45) is 0 Å². The zero-order valence-corrected chi connectivity index (χ0v) is 10.3. The Morgan fingerprint density at radius 2 is 2.37 bits per heavy atom. The summed E-state index contributed by atoms with van der Waals surface area (Å²) >= 11 is 5.94. The van der Waals surface area contributed by atoms with Crippen LogP contribution < -0.4 is 5.32 Å². The van der Waals surface area contributed by atoms with E-state index in [9.17, 15) is 4.79 Å². The van der Waals surface area contributed by atoms with E-state index in [0.717, 1.165) is 0 Å². The van der Waals surface area contributed by atoms with Crippen molar-refractivity contribution in [1.82, 2.24) is 29.7 Å². The molecule has 0 aliphatic carbocycles. The Kier molecular flexibility index (Phi) is 2.84. The highest BCUT2D eigenvalue weighted by atomic mass is 35.5. The monoisotopic (exact) mass is 277 g/mol. The van der Waals surface area contributed by atoms with E-state index in [1.807, 2.05) is 0 Å². The number of nitrogens with one attached hydrogen (secondary N) is 2. The Bertz CT molecular complexity index is 721. The van der Waals surface area contributed by atoms with Gasteiger partial charge in [-0.15, -0.1) is 0 Å². The van der Waals surface area contributed by atoms with Crippen LogP contribution in [0.2, 0.25) is 5.15 Å². The van der Waals surface area contributed by atoms with Crippen molar-refractivity contribution in [3.63, 3.8) is 0 Å². The van der Waals surface area contributed by atoms with Gasteiger partial charge < -0.3 is 4.98 Å². The minimum absolute atomic E-state index is 0.0760. The first-order valence-corrected chi connectivity index (χ1v) is 5.74. The standard InChI is InChI=1S/C10H8ClN7O/c11-8-7-9(13-5-12-7)17-10(16-8)15-6(19)4-18-3-1-2-14-18/h1-3,5H,4H2,(H2,12,13,15,16,17,19).